The number of hydrogen-bond donors (Lipinski definition) is 0. The highest BCUT2D eigenvalue weighted by molar-refractivity contribution is 6.28. The fourth-order valence-corrected chi connectivity index (χ4v) is 9.20. The van der Waals surface area contributed by atoms with Gasteiger partial charge >= 0.3 is 0 Å². The van der Waals surface area contributed by atoms with E-state index >= 15 is 0 Å². The molecule has 49 heavy (non-hydrogen) atoms. The Morgan fingerprint density at radius 3 is 1.59 bits per heavy atom. The minimum atomic E-state index is 1.18. The molecule has 0 unspecified atom stereocenters. The first kappa shape index (κ1) is 25.6. The van der Waals surface area contributed by atoms with Gasteiger partial charge in [-0.05, 0) is 113 Å². The monoisotopic (exact) mass is 617 g/mol. The van der Waals surface area contributed by atoms with Crippen LogP contribution in [0, 0.1) is 0 Å². The molecule has 1 aromatic heterocycles. The Labute approximate surface area is 282 Å². The summed E-state index contributed by atoms with van der Waals surface area (Å²) in [4.78, 5) is 0. The van der Waals surface area contributed by atoms with Crippen molar-refractivity contribution in [2.45, 2.75) is 0 Å². The first-order valence-corrected chi connectivity index (χ1v) is 17.1. The number of nitrogens with zero attached hydrogens (tertiary/aromatic N) is 1. The van der Waals surface area contributed by atoms with E-state index < -0.39 is 0 Å². The number of aromatic nitrogens is 1. The molecular weight excluding hydrogens is 591 g/mol. The second-order valence-corrected chi connectivity index (χ2v) is 13.6. The third kappa shape index (κ3) is 3.25. The molecule has 9 aromatic carbocycles. The van der Waals surface area contributed by atoms with Crippen LogP contribution < -0.4 is 0 Å². The second-order valence-electron chi connectivity index (χ2n) is 13.6. The molecule has 0 spiro atoms. The lowest BCUT2D eigenvalue weighted by molar-refractivity contribution is 1.19. The number of fused-ring (bicyclic) bond motifs is 11. The summed E-state index contributed by atoms with van der Waals surface area (Å²) >= 11 is 0. The molecule has 224 valence electrons. The third-order valence-corrected chi connectivity index (χ3v) is 11.2. The highest BCUT2D eigenvalue weighted by Crippen LogP contribution is 2.52. The summed E-state index contributed by atoms with van der Waals surface area (Å²) in [5, 5.41) is 10.4. The van der Waals surface area contributed by atoms with Crippen LogP contribution >= 0.6 is 0 Å². The van der Waals surface area contributed by atoms with E-state index in [1.165, 1.54) is 115 Å². The minimum Gasteiger partial charge on any atom is -0.309 e. The smallest absolute Gasteiger partial charge is 0.0620 e. The summed E-state index contributed by atoms with van der Waals surface area (Å²) in [6, 6.07) is 61.2. The zero-order valence-corrected chi connectivity index (χ0v) is 26.5. The van der Waals surface area contributed by atoms with Gasteiger partial charge in [-0.25, -0.2) is 0 Å². The Morgan fingerprint density at radius 1 is 0.306 bits per heavy atom. The average molecular weight is 618 g/mol. The van der Waals surface area contributed by atoms with E-state index in [1.54, 1.807) is 0 Å². The Kier molecular flexibility index (Phi) is 4.77. The maximum atomic E-state index is 2.53. The van der Waals surface area contributed by atoms with Crippen LogP contribution in [0.3, 0.4) is 0 Å². The molecule has 0 saturated heterocycles. The summed E-state index contributed by atoms with van der Waals surface area (Å²) in [5.41, 5.74) is 16.8. The molecule has 0 aliphatic heterocycles. The lowest BCUT2D eigenvalue weighted by Crippen LogP contribution is -1.96. The minimum absolute atomic E-state index is 1.18. The molecule has 0 N–H and O–H groups in total. The fourth-order valence-electron chi connectivity index (χ4n) is 9.20. The molecule has 2 aliphatic rings. The lowest BCUT2D eigenvalue weighted by atomic mass is 9.94. The molecular formula is C48H27N. The largest absolute Gasteiger partial charge is 0.309 e. The Morgan fingerprint density at radius 2 is 0.857 bits per heavy atom. The first-order valence-electron chi connectivity index (χ1n) is 17.1. The van der Waals surface area contributed by atoms with Crippen molar-refractivity contribution in [3.8, 4) is 61.3 Å². The maximum absolute atomic E-state index is 2.53. The second kappa shape index (κ2) is 9.13. The van der Waals surface area contributed by atoms with Crippen LogP contribution in [0.5, 0.6) is 0 Å². The van der Waals surface area contributed by atoms with E-state index in [-0.39, 0.29) is 0 Å². The van der Waals surface area contributed by atoms with Crippen LogP contribution in [0.25, 0.3) is 115 Å². The first-order chi connectivity index (χ1) is 24.3. The molecule has 12 rings (SSSR count). The molecule has 0 saturated carbocycles. The Hall–Kier alpha value is -6.44. The summed E-state index contributed by atoms with van der Waals surface area (Å²) < 4.78 is 2.53. The van der Waals surface area contributed by atoms with Crippen molar-refractivity contribution in [3.63, 3.8) is 0 Å². The SMILES string of the molecule is c1cc(-c2ccc3c4c(cccc24)-c2ccccc2-3)cc(-n2c3cc4ccccc4cc3c3cc4c5c(cccc5c32)-c2ccccc2-4)c1. The number of hydrogen-bond acceptors (Lipinski definition) is 0. The van der Waals surface area contributed by atoms with Crippen LogP contribution in [0.15, 0.2) is 164 Å². The van der Waals surface area contributed by atoms with Crippen molar-refractivity contribution >= 4 is 54.1 Å². The van der Waals surface area contributed by atoms with Gasteiger partial charge in [0.25, 0.3) is 0 Å². The molecule has 0 fully saturated rings. The van der Waals surface area contributed by atoms with Crippen molar-refractivity contribution < 1.29 is 0 Å². The van der Waals surface area contributed by atoms with Crippen LogP contribution in [0.1, 0.15) is 0 Å². The predicted octanol–water partition coefficient (Wildman–Crippen LogP) is 13.2. The molecule has 2 aliphatic carbocycles. The van der Waals surface area contributed by atoms with Crippen molar-refractivity contribution in [1.82, 2.24) is 4.57 Å². The molecule has 1 heteroatoms. The highest BCUT2D eigenvalue weighted by Gasteiger charge is 2.26. The normalized spacial score (nSPS) is 12.5. The van der Waals surface area contributed by atoms with Crippen LogP contribution in [0.4, 0.5) is 0 Å². The topological polar surface area (TPSA) is 4.93 Å². The maximum Gasteiger partial charge on any atom is 0.0620 e. The average Bonchev–Trinajstić information content (AvgIpc) is 3.79. The van der Waals surface area contributed by atoms with E-state index in [9.17, 15) is 0 Å². The van der Waals surface area contributed by atoms with Gasteiger partial charge in [0.2, 0.25) is 0 Å². The molecule has 1 nitrogen and oxygen atoms in total. The third-order valence-electron chi connectivity index (χ3n) is 11.2. The Balaban J connectivity index is 1.17. The highest BCUT2D eigenvalue weighted by atomic mass is 15.0. The van der Waals surface area contributed by atoms with Crippen molar-refractivity contribution in [1.29, 1.82) is 0 Å². The summed E-state index contributed by atoms with van der Waals surface area (Å²) in [6.45, 7) is 0. The van der Waals surface area contributed by atoms with Gasteiger partial charge in [-0.15, -0.1) is 0 Å². The van der Waals surface area contributed by atoms with Gasteiger partial charge in [0, 0.05) is 21.8 Å². The summed E-state index contributed by atoms with van der Waals surface area (Å²) in [7, 11) is 0. The molecule has 1 heterocycles. The summed E-state index contributed by atoms with van der Waals surface area (Å²) in [5.74, 6) is 0. The van der Waals surface area contributed by atoms with Crippen molar-refractivity contribution in [2.75, 3.05) is 0 Å². The van der Waals surface area contributed by atoms with E-state index in [0.717, 1.165) is 0 Å². The van der Waals surface area contributed by atoms with Gasteiger partial charge in [-0.2, -0.15) is 0 Å². The molecule has 0 amide bonds. The zero-order chi connectivity index (χ0) is 31.8. The van der Waals surface area contributed by atoms with Crippen LogP contribution in [-0.4, -0.2) is 4.57 Å². The predicted molar refractivity (Wildman–Crippen MR) is 208 cm³/mol. The number of benzene rings is 9. The standard InChI is InChI=1S/C48H27N/c1-2-11-29-26-45-42(25-28(29)10-1)44-27-43-36-17-6-5-16-35(36)39-20-9-21-41(47(39)43)48(44)49(45)31-13-7-12-30(24-31)32-22-23-40-34-15-4-3-14-33(34)38-19-8-18-37(32)46(38)40/h1-27H. The van der Waals surface area contributed by atoms with Gasteiger partial charge in [-0.3, -0.25) is 0 Å². The zero-order valence-electron chi connectivity index (χ0n) is 26.5. The molecule has 0 radical (unpaired) electrons. The lowest BCUT2D eigenvalue weighted by Gasteiger charge is -2.14. The van der Waals surface area contributed by atoms with Gasteiger partial charge in [0.15, 0.2) is 0 Å². The Bertz CT molecular complexity index is 3070. The van der Waals surface area contributed by atoms with Crippen molar-refractivity contribution in [2.24, 2.45) is 0 Å². The summed E-state index contributed by atoms with van der Waals surface area (Å²) in [6.07, 6.45) is 0. The molecule has 0 bridgehead atoms. The quantitative estimate of drug-likeness (QED) is 0.182. The van der Waals surface area contributed by atoms with Gasteiger partial charge in [0.1, 0.15) is 0 Å². The van der Waals surface area contributed by atoms with E-state index in [2.05, 4.69) is 168 Å². The van der Waals surface area contributed by atoms with Crippen molar-refractivity contribution in [3.05, 3.63) is 164 Å². The van der Waals surface area contributed by atoms with Gasteiger partial charge in [-0.1, -0.05) is 133 Å². The number of rotatable bonds is 2. The molecule has 0 atom stereocenters. The van der Waals surface area contributed by atoms with E-state index in [4.69, 9.17) is 0 Å². The van der Waals surface area contributed by atoms with Crippen LogP contribution in [-0.2, 0) is 0 Å². The van der Waals surface area contributed by atoms with E-state index in [1.807, 2.05) is 0 Å². The van der Waals surface area contributed by atoms with E-state index in [0.29, 0.717) is 0 Å². The van der Waals surface area contributed by atoms with Gasteiger partial charge in [0.05, 0.1) is 11.0 Å². The fraction of sp³-hybridized carbons (Fsp3) is 0. The molecule has 10 aromatic rings. The van der Waals surface area contributed by atoms with Crippen LogP contribution in [0.2, 0.25) is 0 Å². The van der Waals surface area contributed by atoms with Gasteiger partial charge < -0.3 is 4.57 Å².